The highest BCUT2D eigenvalue weighted by Gasteiger charge is 2.24. The number of carbonyl (C=O) groups is 1. The van der Waals surface area contributed by atoms with Gasteiger partial charge in [0, 0.05) is 23.7 Å². The summed E-state index contributed by atoms with van der Waals surface area (Å²) in [5.41, 5.74) is 6.20. The van der Waals surface area contributed by atoms with Crippen molar-refractivity contribution in [1.82, 2.24) is 10.3 Å². The number of rotatable bonds is 10. The molecule has 11 heteroatoms. The fourth-order valence-electron chi connectivity index (χ4n) is 3.01. The fourth-order valence-corrected chi connectivity index (χ4v) is 3.01. The average Bonchev–Trinajstić information content (AvgIpc) is 3.23. The molecule has 0 aliphatic carbocycles. The maximum atomic E-state index is 13.9. The molecule has 182 valence electrons. The Labute approximate surface area is 192 Å². The number of benzene rings is 2. The monoisotopic (exact) mass is 481 g/mol. The largest absolute Gasteiger partial charge is 0.490 e. The standard InChI is InChI=1S/C23H23F4N3O4/c1-3-8-32-18-9-13(5-7-17(18)33-23(26)27)22-30-19(20(34-22)12(2)28)21(31)29-11-14-4-6-15(24)10-16(14)25/h4-7,9-10,12,23H,3,8,11,28H2,1-2H3,(H,29,31)/t12-/m0/s1. The van der Waals surface area contributed by atoms with E-state index < -0.39 is 30.2 Å². The van der Waals surface area contributed by atoms with E-state index >= 15 is 0 Å². The summed E-state index contributed by atoms with van der Waals surface area (Å²) in [6.07, 6.45) is 0.630. The lowest BCUT2D eigenvalue weighted by Crippen LogP contribution is -2.25. The predicted octanol–water partition coefficient (Wildman–Crippen LogP) is 4.96. The number of oxazole rings is 1. The van der Waals surface area contributed by atoms with Crippen LogP contribution in [0.25, 0.3) is 11.5 Å². The summed E-state index contributed by atoms with van der Waals surface area (Å²) in [6, 6.07) is 6.38. The Kier molecular flexibility index (Phi) is 8.11. The lowest BCUT2D eigenvalue weighted by molar-refractivity contribution is -0.0514. The van der Waals surface area contributed by atoms with E-state index in [2.05, 4.69) is 15.0 Å². The number of alkyl halides is 2. The lowest BCUT2D eigenvalue weighted by Gasteiger charge is -2.12. The van der Waals surface area contributed by atoms with Crippen LogP contribution >= 0.6 is 0 Å². The van der Waals surface area contributed by atoms with Crippen LogP contribution in [0.3, 0.4) is 0 Å². The summed E-state index contributed by atoms with van der Waals surface area (Å²) in [5.74, 6) is -2.28. The van der Waals surface area contributed by atoms with E-state index in [0.717, 1.165) is 6.07 Å². The Bertz CT molecular complexity index is 1150. The van der Waals surface area contributed by atoms with E-state index in [-0.39, 0.29) is 47.6 Å². The van der Waals surface area contributed by atoms with E-state index in [1.54, 1.807) is 6.92 Å². The van der Waals surface area contributed by atoms with E-state index in [1.807, 2.05) is 6.92 Å². The molecule has 0 fully saturated rings. The van der Waals surface area contributed by atoms with Gasteiger partial charge in [0.15, 0.2) is 23.0 Å². The van der Waals surface area contributed by atoms with Gasteiger partial charge in [0.25, 0.3) is 5.91 Å². The van der Waals surface area contributed by atoms with Crippen LogP contribution in [-0.2, 0) is 6.54 Å². The second kappa shape index (κ2) is 11.0. The molecule has 0 radical (unpaired) electrons. The van der Waals surface area contributed by atoms with Gasteiger partial charge >= 0.3 is 6.61 Å². The molecule has 1 aromatic heterocycles. The topological polar surface area (TPSA) is 99.6 Å². The summed E-state index contributed by atoms with van der Waals surface area (Å²) in [5, 5.41) is 2.50. The number of nitrogens with two attached hydrogens (primary N) is 1. The first-order chi connectivity index (χ1) is 16.2. The summed E-state index contributed by atoms with van der Waals surface area (Å²) < 4.78 is 68.0. The third kappa shape index (κ3) is 6.04. The lowest BCUT2D eigenvalue weighted by atomic mass is 10.2. The zero-order valence-corrected chi connectivity index (χ0v) is 18.4. The molecular formula is C23H23F4N3O4. The first-order valence-corrected chi connectivity index (χ1v) is 10.4. The summed E-state index contributed by atoms with van der Waals surface area (Å²) in [6.45, 7) is 0.426. The minimum Gasteiger partial charge on any atom is -0.490 e. The quantitative estimate of drug-likeness (QED) is 0.397. The molecule has 0 saturated carbocycles. The van der Waals surface area contributed by atoms with Crippen LogP contribution in [0.15, 0.2) is 40.8 Å². The molecule has 2 aromatic carbocycles. The SMILES string of the molecule is CCCOc1cc(-c2nc(C(=O)NCc3ccc(F)cc3F)c([C@H](C)N)o2)ccc1OC(F)F. The maximum absolute atomic E-state index is 13.9. The van der Waals surface area contributed by atoms with Crippen molar-refractivity contribution in [3.05, 3.63) is 65.1 Å². The maximum Gasteiger partial charge on any atom is 0.387 e. The number of ether oxygens (including phenoxy) is 2. The number of amides is 1. The highest BCUT2D eigenvalue weighted by molar-refractivity contribution is 5.94. The summed E-state index contributed by atoms with van der Waals surface area (Å²) >= 11 is 0. The smallest absolute Gasteiger partial charge is 0.387 e. The van der Waals surface area contributed by atoms with Crippen molar-refractivity contribution in [2.75, 3.05) is 6.61 Å². The van der Waals surface area contributed by atoms with Crippen LogP contribution in [0, 0.1) is 11.6 Å². The molecule has 1 heterocycles. The Balaban J connectivity index is 1.88. The molecule has 3 rings (SSSR count). The fraction of sp³-hybridized carbons (Fsp3) is 0.304. The van der Waals surface area contributed by atoms with Gasteiger partial charge in [-0.3, -0.25) is 4.79 Å². The molecule has 0 spiro atoms. The van der Waals surface area contributed by atoms with Crippen LogP contribution < -0.4 is 20.5 Å². The van der Waals surface area contributed by atoms with E-state index in [9.17, 15) is 22.4 Å². The van der Waals surface area contributed by atoms with Gasteiger partial charge in [-0.15, -0.1) is 0 Å². The first-order valence-electron chi connectivity index (χ1n) is 10.4. The van der Waals surface area contributed by atoms with Gasteiger partial charge in [-0.2, -0.15) is 8.78 Å². The van der Waals surface area contributed by atoms with Crippen LogP contribution in [-0.4, -0.2) is 24.1 Å². The third-order valence-electron chi connectivity index (χ3n) is 4.60. The van der Waals surface area contributed by atoms with Crippen LogP contribution in [0.4, 0.5) is 17.6 Å². The minimum atomic E-state index is -3.04. The van der Waals surface area contributed by atoms with Crippen LogP contribution in [0.2, 0.25) is 0 Å². The Morgan fingerprint density at radius 2 is 1.94 bits per heavy atom. The number of halogens is 4. The molecule has 0 aliphatic heterocycles. The van der Waals surface area contributed by atoms with E-state index in [0.29, 0.717) is 18.1 Å². The van der Waals surface area contributed by atoms with Crippen molar-refractivity contribution < 1.29 is 36.2 Å². The zero-order valence-electron chi connectivity index (χ0n) is 18.4. The number of aromatic nitrogens is 1. The molecule has 1 atom stereocenters. The molecule has 3 N–H and O–H groups in total. The van der Waals surface area contributed by atoms with Crippen molar-refractivity contribution in [2.24, 2.45) is 5.73 Å². The van der Waals surface area contributed by atoms with Crippen molar-refractivity contribution in [3.63, 3.8) is 0 Å². The minimum absolute atomic E-state index is 0.00430. The van der Waals surface area contributed by atoms with Gasteiger partial charge in [0.2, 0.25) is 5.89 Å². The number of hydrogen-bond donors (Lipinski definition) is 2. The number of hydrogen-bond acceptors (Lipinski definition) is 6. The Morgan fingerprint density at radius 3 is 2.59 bits per heavy atom. The molecule has 3 aromatic rings. The van der Waals surface area contributed by atoms with Gasteiger partial charge in [-0.05, 0) is 37.6 Å². The van der Waals surface area contributed by atoms with Crippen molar-refractivity contribution >= 4 is 5.91 Å². The van der Waals surface area contributed by atoms with Gasteiger partial charge in [0.05, 0.1) is 12.6 Å². The molecule has 34 heavy (non-hydrogen) atoms. The Morgan fingerprint density at radius 1 is 1.18 bits per heavy atom. The molecule has 0 aliphatic rings. The van der Waals surface area contributed by atoms with Crippen molar-refractivity contribution in [3.8, 4) is 23.0 Å². The van der Waals surface area contributed by atoms with E-state index in [4.69, 9.17) is 14.9 Å². The van der Waals surface area contributed by atoms with Gasteiger partial charge in [-0.25, -0.2) is 13.8 Å². The molecular weight excluding hydrogens is 458 g/mol. The van der Waals surface area contributed by atoms with E-state index in [1.165, 1.54) is 24.3 Å². The molecule has 7 nitrogen and oxygen atoms in total. The van der Waals surface area contributed by atoms with Gasteiger partial charge in [0.1, 0.15) is 11.6 Å². The molecule has 0 saturated heterocycles. The van der Waals surface area contributed by atoms with Crippen molar-refractivity contribution in [2.45, 2.75) is 39.5 Å². The van der Waals surface area contributed by atoms with Gasteiger partial charge in [-0.1, -0.05) is 13.0 Å². The number of nitrogens with zero attached hydrogens (tertiary/aromatic N) is 1. The second-order valence-corrected chi connectivity index (χ2v) is 7.33. The molecule has 0 unspecified atom stereocenters. The highest BCUT2D eigenvalue weighted by Crippen LogP contribution is 2.35. The first kappa shape index (κ1) is 25.0. The summed E-state index contributed by atoms with van der Waals surface area (Å²) in [7, 11) is 0. The second-order valence-electron chi connectivity index (χ2n) is 7.33. The summed E-state index contributed by atoms with van der Waals surface area (Å²) in [4.78, 5) is 16.9. The van der Waals surface area contributed by atoms with Crippen molar-refractivity contribution in [1.29, 1.82) is 0 Å². The Hall–Kier alpha value is -3.60. The van der Waals surface area contributed by atoms with Crippen LogP contribution in [0.5, 0.6) is 11.5 Å². The highest BCUT2D eigenvalue weighted by atomic mass is 19.3. The molecule has 0 bridgehead atoms. The predicted molar refractivity (Wildman–Crippen MR) is 114 cm³/mol. The molecule has 1 amide bonds. The van der Waals surface area contributed by atoms with Gasteiger partial charge < -0.3 is 24.9 Å². The van der Waals surface area contributed by atoms with Crippen LogP contribution in [0.1, 0.15) is 48.1 Å². The average molecular weight is 481 g/mol. The number of nitrogens with one attached hydrogen (secondary N) is 1. The zero-order chi connectivity index (χ0) is 24.8. The normalized spacial score (nSPS) is 12.0. The number of carbonyl (C=O) groups excluding carboxylic acids is 1. The third-order valence-corrected chi connectivity index (χ3v) is 4.60.